The lowest BCUT2D eigenvalue weighted by Crippen LogP contribution is -2.45. The third-order valence-corrected chi connectivity index (χ3v) is 7.50. The van der Waals surface area contributed by atoms with Gasteiger partial charge in [0.15, 0.2) is 11.6 Å². The molecule has 28 heavy (non-hydrogen) atoms. The maximum Gasteiger partial charge on any atom is 0.359 e. The highest BCUT2D eigenvalue weighted by Gasteiger charge is 2.81. The predicted octanol–water partition coefficient (Wildman–Crippen LogP) is -0.827. The van der Waals surface area contributed by atoms with E-state index in [0.29, 0.717) is 0 Å². The van der Waals surface area contributed by atoms with Gasteiger partial charge in [-0.2, -0.15) is 0 Å². The Bertz CT molecular complexity index is 962. The van der Waals surface area contributed by atoms with Gasteiger partial charge in [-0.3, -0.25) is 18.9 Å². The summed E-state index contributed by atoms with van der Waals surface area (Å²) in [6.45, 7) is 6.59. The lowest BCUT2D eigenvalue weighted by Gasteiger charge is -2.35. The molecule has 5 N–H and O–H groups in total. The van der Waals surface area contributed by atoms with Crippen LogP contribution in [0, 0.1) is 12.8 Å². The Morgan fingerprint density at radius 3 is 2.36 bits per heavy atom. The topological polar surface area (TPSA) is 171 Å². The molecule has 2 fully saturated rings. The third-order valence-electron chi connectivity index (χ3n) is 5.40. The van der Waals surface area contributed by atoms with Gasteiger partial charge in [0, 0.05) is 11.8 Å². The van der Waals surface area contributed by atoms with Crippen LogP contribution in [0.5, 0.6) is 0 Å². The first-order valence-corrected chi connectivity index (χ1v) is 10.3. The lowest BCUT2D eigenvalue weighted by molar-refractivity contribution is -0.109. The van der Waals surface area contributed by atoms with Gasteiger partial charge in [-0.15, -0.1) is 0 Å². The fourth-order valence-electron chi connectivity index (χ4n) is 3.76. The highest BCUT2D eigenvalue weighted by Crippen LogP contribution is 2.66. The fraction of sp³-hybridized carbons (Fsp3) is 0.750. The van der Waals surface area contributed by atoms with Crippen molar-refractivity contribution in [2.45, 2.75) is 69.6 Å². The molecule has 1 aromatic rings. The second kappa shape index (κ2) is 6.09. The number of ether oxygens (including phenoxy) is 1. The van der Waals surface area contributed by atoms with Gasteiger partial charge in [-0.05, 0) is 34.6 Å². The van der Waals surface area contributed by atoms with Crippen LogP contribution in [-0.2, 0) is 13.8 Å². The zero-order chi connectivity index (χ0) is 21.4. The predicted molar refractivity (Wildman–Crippen MR) is 95.7 cm³/mol. The summed E-state index contributed by atoms with van der Waals surface area (Å²) in [6, 6.07) is 0. The first-order chi connectivity index (χ1) is 12.5. The number of hydrogen-bond acceptors (Lipinski definition) is 8. The Kier molecular flexibility index (Phi) is 4.65. The van der Waals surface area contributed by atoms with Crippen molar-refractivity contribution in [1.82, 2.24) is 9.55 Å². The van der Waals surface area contributed by atoms with Gasteiger partial charge in [0.05, 0.1) is 11.5 Å². The molecule has 0 spiro atoms. The molecule has 1 aliphatic heterocycles. The van der Waals surface area contributed by atoms with Crippen molar-refractivity contribution in [1.29, 1.82) is 0 Å². The van der Waals surface area contributed by atoms with Crippen LogP contribution < -0.4 is 11.2 Å². The van der Waals surface area contributed by atoms with Crippen molar-refractivity contribution in [2.75, 3.05) is 0 Å². The molecule has 1 aromatic heterocycles. The van der Waals surface area contributed by atoms with Crippen molar-refractivity contribution in [3.63, 3.8) is 0 Å². The number of H-pyrrole nitrogens is 1. The van der Waals surface area contributed by atoms with E-state index in [2.05, 4.69) is 4.98 Å². The van der Waals surface area contributed by atoms with Gasteiger partial charge < -0.3 is 29.5 Å². The minimum atomic E-state index is -4.48. The smallest absolute Gasteiger partial charge is 0.359 e. The van der Waals surface area contributed by atoms with E-state index >= 15 is 0 Å². The molecule has 3 unspecified atom stereocenters. The number of nitrogens with zero attached hydrogens (tertiary/aromatic N) is 1. The van der Waals surface area contributed by atoms with Gasteiger partial charge in [-0.25, -0.2) is 4.79 Å². The number of aliphatic hydroxyl groups is 3. The second-order valence-corrected chi connectivity index (χ2v) is 10.8. The Balaban J connectivity index is 1.86. The first kappa shape index (κ1) is 21.4. The molecule has 0 aromatic carbocycles. The van der Waals surface area contributed by atoms with E-state index in [4.69, 9.17) is 9.26 Å². The summed E-state index contributed by atoms with van der Waals surface area (Å²) < 4.78 is 24.2. The van der Waals surface area contributed by atoms with Crippen LogP contribution in [0.1, 0.15) is 39.5 Å². The summed E-state index contributed by atoms with van der Waals surface area (Å²) in [7, 11) is -4.48. The quantitative estimate of drug-likeness (QED) is 0.381. The lowest BCUT2D eigenvalue weighted by atomic mass is 9.96. The summed E-state index contributed by atoms with van der Waals surface area (Å²) >= 11 is 0. The average Bonchev–Trinajstić information content (AvgIpc) is 3.04. The van der Waals surface area contributed by atoms with Crippen LogP contribution in [0.25, 0.3) is 0 Å². The number of aromatic amines is 1. The average molecular weight is 420 g/mol. The summed E-state index contributed by atoms with van der Waals surface area (Å²) in [5.74, 6) is -0.895. The second-order valence-electron chi connectivity index (χ2n) is 8.45. The third kappa shape index (κ3) is 3.02. The Labute approximate surface area is 160 Å². The molecule has 158 valence electrons. The number of rotatable bonds is 5. The number of hydrogen-bond donors (Lipinski definition) is 5. The molecule has 2 heterocycles. The van der Waals surface area contributed by atoms with E-state index in [1.807, 2.05) is 0 Å². The van der Waals surface area contributed by atoms with Crippen molar-refractivity contribution >= 4 is 7.60 Å². The van der Waals surface area contributed by atoms with E-state index in [1.165, 1.54) is 27.0 Å². The SMILES string of the molecule is Cc1cn(C2O[C@@H]3C(C(C)(C)OP(=O)(O)C(C)(C)O)[C@]3(O)[C@H]2O)c(=O)[nH]c1=O. The zero-order valence-electron chi connectivity index (χ0n) is 16.1. The molecule has 2 aliphatic rings. The van der Waals surface area contributed by atoms with Crippen molar-refractivity contribution < 1.29 is 34.0 Å². The van der Waals surface area contributed by atoms with E-state index in [0.717, 1.165) is 18.4 Å². The summed E-state index contributed by atoms with van der Waals surface area (Å²) in [6.07, 6.45) is -2.58. The monoisotopic (exact) mass is 420 g/mol. The molecular weight excluding hydrogens is 395 g/mol. The number of nitrogens with one attached hydrogen (secondary N) is 1. The highest BCUT2D eigenvalue weighted by atomic mass is 31.2. The van der Waals surface area contributed by atoms with Gasteiger partial charge >= 0.3 is 13.3 Å². The molecule has 6 atom stereocenters. The minimum absolute atomic E-state index is 0.217. The van der Waals surface area contributed by atoms with Crippen LogP contribution in [-0.4, -0.2) is 58.5 Å². The van der Waals surface area contributed by atoms with E-state index in [9.17, 15) is 34.4 Å². The maximum absolute atomic E-state index is 12.3. The number of fused-ring (bicyclic) bond motifs is 1. The van der Waals surface area contributed by atoms with Gasteiger partial charge in [0.25, 0.3) is 5.56 Å². The molecule has 1 aliphatic carbocycles. The van der Waals surface area contributed by atoms with Gasteiger partial charge in [-0.1, -0.05) is 0 Å². The van der Waals surface area contributed by atoms with Gasteiger partial charge in [0.1, 0.15) is 17.8 Å². The highest BCUT2D eigenvalue weighted by molar-refractivity contribution is 7.54. The zero-order valence-corrected chi connectivity index (χ0v) is 17.0. The van der Waals surface area contributed by atoms with Crippen LogP contribution >= 0.6 is 7.60 Å². The fourth-order valence-corrected chi connectivity index (χ4v) is 4.73. The molecule has 0 radical (unpaired) electrons. The Hall–Kier alpha value is -1.33. The van der Waals surface area contributed by atoms with Crippen LogP contribution in [0.4, 0.5) is 0 Å². The normalized spacial score (nSPS) is 34.8. The van der Waals surface area contributed by atoms with Crippen LogP contribution in [0.15, 0.2) is 15.8 Å². The largest absolute Gasteiger partial charge is 0.385 e. The van der Waals surface area contributed by atoms with Crippen molar-refractivity contribution in [3.8, 4) is 0 Å². The first-order valence-electron chi connectivity index (χ1n) is 8.68. The molecule has 1 saturated heterocycles. The standard InChI is InChI=1S/C16H25N2O9P/c1-7-6-18(13(21)17-11(7)20)12-9(19)16(23)8(10(16)26-12)14(2,3)27-28(24,25)15(4,5)22/h6,8-10,12,19,22-23H,1-5H3,(H,24,25)(H,17,20,21)/t8?,9-,10+,12?,16-/m0/s1. The molecule has 11 nitrogen and oxygen atoms in total. The summed E-state index contributed by atoms with van der Waals surface area (Å²) in [5.41, 5.74) is -4.44. The minimum Gasteiger partial charge on any atom is -0.385 e. The summed E-state index contributed by atoms with van der Waals surface area (Å²) in [4.78, 5) is 35.7. The van der Waals surface area contributed by atoms with Crippen molar-refractivity contribution in [2.24, 2.45) is 5.92 Å². The van der Waals surface area contributed by atoms with Crippen LogP contribution in [0.3, 0.4) is 0 Å². The molecule has 0 bridgehead atoms. The van der Waals surface area contributed by atoms with Crippen molar-refractivity contribution in [3.05, 3.63) is 32.6 Å². The molecule has 12 heteroatoms. The Morgan fingerprint density at radius 2 is 1.89 bits per heavy atom. The van der Waals surface area contributed by atoms with E-state index in [-0.39, 0.29) is 5.56 Å². The Morgan fingerprint density at radius 1 is 1.32 bits per heavy atom. The van der Waals surface area contributed by atoms with E-state index < -0.39 is 59.7 Å². The number of aromatic nitrogens is 2. The molecule has 3 rings (SSSR count). The number of aliphatic hydroxyl groups excluding tert-OH is 1. The number of aryl methyl sites for hydroxylation is 1. The van der Waals surface area contributed by atoms with E-state index in [1.54, 1.807) is 0 Å². The maximum atomic E-state index is 12.3. The van der Waals surface area contributed by atoms with Gasteiger partial charge in [0.2, 0.25) is 0 Å². The molecule has 0 amide bonds. The molecular formula is C16H25N2O9P. The molecule has 1 saturated carbocycles. The summed E-state index contributed by atoms with van der Waals surface area (Å²) in [5, 5.41) is 29.4. The van der Waals surface area contributed by atoms with Crippen LogP contribution in [0.2, 0.25) is 0 Å².